The number of likely N-dealkylation sites (tertiary alicyclic amines) is 1. The Kier molecular flexibility index (Phi) is 4.52. The van der Waals surface area contributed by atoms with Gasteiger partial charge >= 0.3 is 0 Å². The number of aryl methyl sites for hydroxylation is 1. The predicted octanol–water partition coefficient (Wildman–Crippen LogP) is 0.833. The molecule has 2 unspecified atom stereocenters. The van der Waals surface area contributed by atoms with Crippen LogP contribution in [0.15, 0.2) is 5.51 Å². The highest BCUT2D eigenvalue weighted by Crippen LogP contribution is 2.23. The zero-order valence-electron chi connectivity index (χ0n) is 12.6. The topological polar surface area (TPSA) is 79.4 Å². The van der Waals surface area contributed by atoms with E-state index in [4.69, 9.17) is 0 Å². The molecule has 3 heterocycles. The summed E-state index contributed by atoms with van der Waals surface area (Å²) in [4.78, 5) is 19.3. The maximum atomic E-state index is 12.4. The van der Waals surface area contributed by atoms with E-state index < -0.39 is 9.84 Å². The Morgan fingerprint density at radius 2 is 2.05 bits per heavy atom. The molecule has 1 amide bonds. The summed E-state index contributed by atoms with van der Waals surface area (Å²) in [6.45, 7) is 3.64. The van der Waals surface area contributed by atoms with Gasteiger partial charge in [-0.25, -0.2) is 13.4 Å². The summed E-state index contributed by atoms with van der Waals surface area (Å²) < 4.78 is 24.1. The highest BCUT2D eigenvalue weighted by atomic mass is 32.2. The highest BCUT2D eigenvalue weighted by Gasteiger charge is 2.42. The lowest BCUT2D eigenvalue weighted by Gasteiger charge is -2.34. The molecule has 22 heavy (non-hydrogen) atoms. The second-order valence-electron chi connectivity index (χ2n) is 6.09. The number of nitrogens with one attached hydrogen (secondary N) is 1. The van der Waals surface area contributed by atoms with Crippen LogP contribution in [0.25, 0.3) is 0 Å². The molecule has 2 atom stereocenters. The van der Waals surface area contributed by atoms with Crippen molar-refractivity contribution in [1.82, 2.24) is 15.2 Å². The van der Waals surface area contributed by atoms with Crippen LogP contribution in [0.1, 0.15) is 34.6 Å². The molecular weight excluding hydrogens is 322 g/mol. The van der Waals surface area contributed by atoms with Crippen LogP contribution in [0.4, 0.5) is 0 Å². The summed E-state index contributed by atoms with van der Waals surface area (Å²) in [5.74, 6) is -0.0127. The molecule has 2 saturated heterocycles. The van der Waals surface area contributed by atoms with E-state index in [0.717, 1.165) is 25.9 Å². The minimum Gasteiger partial charge on any atom is -0.346 e. The number of nitrogens with zero attached hydrogens (tertiary/aromatic N) is 2. The molecule has 122 valence electrons. The third-order valence-corrected chi connectivity index (χ3v) is 7.09. The number of aromatic nitrogens is 1. The van der Waals surface area contributed by atoms with Crippen LogP contribution in [-0.2, 0) is 9.84 Å². The van der Waals surface area contributed by atoms with Gasteiger partial charge in [0.1, 0.15) is 4.88 Å². The smallest absolute Gasteiger partial charge is 0.263 e. The number of carbonyl (C=O) groups is 1. The van der Waals surface area contributed by atoms with Gasteiger partial charge in [-0.1, -0.05) is 6.42 Å². The number of amides is 1. The number of hydrogen-bond acceptors (Lipinski definition) is 6. The standard InChI is InChI=1S/C14H21N3O3S2/c1-10-13(21-9-15-10)14(18)16-11-7-22(19,20)8-12(11)17-5-3-2-4-6-17/h9,11-12H,2-8H2,1H3,(H,16,18). The molecule has 3 rings (SSSR count). The molecule has 0 saturated carbocycles. The lowest BCUT2D eigenvalue weighted by Crippen LogP contribution is -2.52. The van der Waals surface area contributed by atoms with Gasteiger partial charge in [0, 0.05) is 6.04 Å². The molecule has 8 heteroatoms. The Balaban J connectivity index is 1.75. The second-order valence-corrected chi connectivity index (χ2v) is 9.10. The summed E-state index contributed by atoms with van der Waals surface area (Å²) in [5, 5.41) is 2.94. The van der Waals surface area contributed by atoms with Gasteiger partial charge in [0.05, 0.1) is 28.8 Å². The number of sulfone groups is 1. The van der Waals surface area contributed by atoms with Crippen LogP contribution in [0.3, 0.4) is 0 Å². The van der Waals surface area contributed by atoms with Crippen molar-refractivity contribution in [1.29, 1.82) is 0 Å². The van der Waals surface area contributed by atoms with Gasteiger partial charge in [0.15, 0.2) is 9.84 Å². The van der Waals surface area contributed by atoms with E-state index in [1.54, 1.807) is 12.4 Å². The largest absolute Gasteiger partial charge is 0.346 e. The molecule has 0 radical (unpaired) electrons. The molecule has 1 aromatic rings. The van der Waals surface area contributed by atoms with Crippen LogP contribution >= 0.6 is 11.3 Å². The average Bonchev–Trinajstić information content (AvgIpc) is 3.03. The summed E-state index contributed by atoms with van der Waals surface area (Å²) in [6, 6.07) is -0.417. The minimum absolute atomic E-state index is 0.0394. The van der Waals surface area contributed by atoms with Gasteiger partial charge in [-0.15, -0.1) is 11.3 Å². The first-order valence-electron chi connectivity index (χ1n) is 7.62. The highest BCUT2D eigenvalue weighted by molar-refractivity contribution is 7.91. The van der Waals surface area contributed by atoms with E-state index in [9.17, 15) is 13.2 Å². The molecule has 0 bridgehead atoms. The molecule has 1 N–H and O–H groups in total. The molecule has 1 aromatic heterocycles. The van der Waals surface area contributed by atoms with Gasteiger partial charge in [0.25, 0.3) is 5.91 Å². The number of carbonyl (C=O) groups excluding carboxylic acids is 1. The fourth-order valence-electron chi connectivity index (χ4n) is 3.33. The molecular formula is C14H21N3O3S2. The van der Waals surface area contributed by atoms with Gasteiger partial charge < -0.3 is 5.32 Å². The Hall–Kier alpha value is -0.990. The number of piperidine rings is 1. The molecule has 2 aliphatic rings. The molecule has 2 fully saturated rings. The maximum absolute atomic E-state index is 12.4. The normalized spacial score (nSPS) is 28.6. The zero-order chi connectivity index (χ0) is 15.7. The fraction of sp³-hybridized carbons (Fsp3) is 0.714. The molecule has 0 aromatic carbocycles. The van der Waals surface area contributed by atoms with E-state index in [1.165, 1.54) is 17.8 Å². The van der Waals surface area contributed by atoms with Crippen molar-refractivity contribution in [3.05, 3.63) is 16.1 Å². The number of hydrogen-bond donors (Lipinski definition) is 1. The second kappa shape index (κ2) is 6.25. The van der Waals surface area contributed by atoms with Crippen LogP contribution in [-0.4, -0.2) is 60.9 Å². The number of rotatable bonds is 3. The van der Waals surface area contributed by atoms with Gasteiger partial charge in [0.2, 0.25) is 0 Å². The van der Waals surface area contributed by atoms with Gasteiger partial charge in [-0.2, -0.15) is 0 Å². The molecule has 0 aliphatic carbocycles. The summed E-state index contributed by atoms with van der Waals surface area (Å²) in [7, 11) is -3.09. The SMILES string of the molecule is Cc1ncsc1C(=O)NC1CS(=O)(=O)CC1N1CCCCC1. The third-order valence-electron chi connectivity index (χ3n) is 4.45. The molecule has 0 spiro atoms. The summed E-state index contributed by atoms with van der Waals surface area (Å²) in [5.41, 5.74) is 2.33. The van der Waals surface area contributed by atoms with Crippen molar-refractivity contribution >= 4 is 27.1 Å². The molecule has 2 aliphatic heterocycles. The van der Waals surface area contributed by atoms with Gasteiger partial charge in [-0.05, 0) is 32.9 Å². The monoisotopic (exact) mass is 343 g/mol. The maximum Gasteiger partial charge on any atom is 0.263 e. The zero-order valence-corrected chi connectivity index (χ0v) is 14.3. The van der Waals surface area contributed by atoms with Gasteiger partial charge in [-0.3, -0.25) is 9.69 Å². The van der Waals surface area contributed by atoms with Crippen LogP contribution in [0.2, 0.25) is 0 Å². The fourth-order valence-corrected chi connectivity index (χ4v) is 5.99. The van der Waals surface area contributed by atoms with Crippen LogP contribution in [0, 0.1) is 6.92 Å². The van der Waals surface area contributed by atoms with Crippen LogP contribution in [0.5, 0.6) is 0 Å². The van der Waals surface area contributed by atoms with E-state index in [-0.39, 0.29) is 29.5 Å². The molecule has 6 nitrogen and oxygen atoms in total. The van der Waals surface area contributed by atoms with Crippen molar-refractivity contribution in [2.75, 3.05) is 24.6 Å². The first-order valence-corrected chi connectivity index (χ1v) is 10.3. The third kappa shape index (κ3) is 3.33. The first-order chi connectivity index (χ1) is 10.5. The predicted molar refractivity (Wildman–Crippen MR) is 86.0 cm³/mol. The summed E-state index contributed by atoms with van der Waals surface area (Å²) >= 11 is 1.29. The van der Waals surface area contributed by atoms with E-state index in [0.29, 0.717) is 10.6 Å². The lowest BCUT2D eigenvalue weighted by atomic mass is 10.0. The Morgan fingerprint density at radius 3 is 2.68 bits per heavy atom. The number of thiazole rings is 1. The Bertz CT molecular complexity index is 650. The lowest BCUT2D eigenvalue weighted by molar-refractivity contribution is 0.0903. The van der Waals surface area contributed by atoms with E-state index in [2.05, 4.69) is 15.2 Å². The quantitative estimate of drug-likeness (QED) is 0.879. The Labute approximate surface area is 134 Å². The van der Waals surface area contributed by atoms with Crippen LogP contribution < -0.4 is 5.32 Å². The summed E-state index contributed by atoms with van der Waals surface area (Å²) in [6.07, 6.45) is 3.41. The van der Waals surface area contributed by atoms with Crippen molar-refractivity contribution in [3.8, 4) is 0 Å². The van der Waals surface area contributed by atoms with Crippen molar-refractivity contribution in [2.24, 2.45) is 0 Å². The van der Waals surface area contributed by atoms with Crippen molar-refractivity contribution in [3.63, 3.8) is 0 Å². The average molecular weight is 343 g/mol. The van der Waals surface area contributed by atoms with Crippen molar-refractivity contribution in [2.45, 2.75) is 38.3 Å². The van der Waals surface area contributed by atoms with E-state index in [1.807, 2.05) is 0 Å². The minimum atomic E-state index is -3.09. The first kappa shape index (κ1) is 15.9. The van der Waals surface area contributed by atoms with E-state index >= 15 is 0 Å². The Morgan fingerprint density at radius 1 is 1.32 bits per heavy atom. The van der Waals surface area contributed by atoms with Crippen molar-refractivity contribution < 1.29 is 13.2 Å².